The first kappa shape index (κ1) is 42.5. The van der Waals surface area contributed by atoms with E-state index in [-0.39, 0.29) is 29.7 Å². The van der Waals surface area contributed by atoms with Crippen LogP contribution in [0, 0.1) is 22.7 Å². The number of carbonyl (C=O) groups excluding carboxylic acids is 5. The number of aliphatic hydroxyl groups is 4. The number of hydrogen-bond donors (Lipinski definition) is 5. The van der Waals surface area contributed by atoms with Gasteiger partial charge in [-0.05, 0) is 69.9 Å². The van der Waals surface area contributed by atoms with Gasteiger partial charge in [0.25, 0.3) is 0 Å². The lowest BCUT2D eigenvalue weighted by Gasteiger charge is -2.67. The SMILES string of the molecule is CC(=O)O[C@@]12CO[C@@]13CC3[C@H](O)[C@@]1(C)C(=O)[C@H](O)C3=C(C)[C@@H](OC(=O)[C@H](O)[C@@H](NC(=O)OC(C)(C)C)c4ccccc4)C[C@@](O)([C@@H](OC(=O)c4ccccc4)C12)C3(C)C. The quantitative estimate of drug-likeness (QED) is 0.147. The summed E-state index contributed by atoms with van der Waals surface area (Å²) in [4.78, 5) is 69.4. The van der Waals surface area contributed by atoms with Gasteiger partial charge in [0.05, 0.1) is 35.6 Å². The minimum absolute atomic E-state index is 0.0540. The van der Waals surface area contributed by atoms with Crippen LogP contribution in [0.2, 0.25) is 0 Å². The Balaban J connectivity index is 1.36. The van der Waals surface area contributed by atoms with Crippen LogP contribution in [0.25, 0.3) is 0 Å². The van der Waals surface area contributed by atoms with Crippen LogP contribution in [0.5, 0.6) is 0 Å². The van der Waals surface area contributed by atoms with E-state index in [2.05, 4.69) is 5.32 Å². The van der Waals surface area contributed by atoms with Crippen LogP contribution in [0.3, 0.4) is 0 Å². The Kier molecular flexibility index (Phi) is 10.2. The highest BCUT2D eigenvalue weighted by Gasteiger charge is 2.90. The van der Waals surface area contributed by atoms with Crippen LogP contribution in [0.4, 0.5) is 4.79 Å². The zero-order chi connectivity index (χ0) is 43.2. The summed E-state index contributed by atoms with van der Waals surface area (Å²) in [5, 5.41) is 52.1. The maximum absolute atomic E-state index is 15.1. The van der Waals surface area contributed by atoms with Crippen LogP contribution in [0.1, 0.15) is 90.2 Å². The average Bonchev–Trinajstić information content (AvgIpc) is 3.95. The number of ether oxygens (including phenoxy) is 5. The number of amides is 1. The van der Waals surface area contributed by atoms with Crippen LogP contribution in [-0.2, 0) is 38.1 Å². The van der Waals surface area contributed by atoms with E-state index >= 15 is 4.79 Å². The number of aliphatic hydroxyl groups excluding tert-OH is 3. The molecule has 1 spiro atoms. The van der Waals surface area contributed by atoms with Crippen LogP contribution >= 0.6 is 0 Å². The van der Waals surface area contributed by atoms with Gasteiger partial charge in [-0.25, -0.2) is 14.4 Å². The van der Waals surface area contributed by atoms with E-state index in [0.29, 0.717) is 5.56 Å². The highest BCUT2D eigenvalue weighted by molar-refractivity contribution is 5.94. The summed E-state index contributed by atoms with van der Waals surface area (Å²) >= 11 is 0. The first-order valence-electron chi connectivity index (χ1n) is 19.8. The molecule has 1 heterocycles. The highest BCUT2D eigenvalue weighted by Crippen LogP contribution is 2.76. The molecule has 2 aromatic carbocycles. The number of carbonyl (C=O) groups is 5. The molecule has 12 atom stereocenters. The van der Waals surface area contributed by atoms with Crippen molar-refractivity contribution in [2.45, 2.75) is 127 Å². The van der Waals surface area contributed by atoms with Crippen LogP contribution < -0.4 is 5.32 Å². The molecular formula is C44H53NO14. The monoisotopic (exact) mass is 819 g/mol. The lowest BCUT2D eigenvalue weighted by molar-refractivity contribution is -0.355. The number of benzene rings is 2. The fourth-order valence-corrected chi connectivity index (χ4v) is 10.6. The second-order valence-electron chi connectivity index (χ2n) is 18.4. The largest absolute Gasteiger partial charge is 0.456 e. The van der Waals surface area contributed by atoms with Crippen LogP contribution in [-0.4, -0.2) is 110 Å². The van der Waals surface area contributed by atoms with E-state index in [1.165, 1.54) is 32.9 Å². The number of Topliss-reactive ketones (excluding diaryl/α,β-unsaturated/α-hetero) is 1. The normalized spacial score (nSPS) is 36.4. The van der Waals surface area contributed by atoms with Crippen molar-refractivity contribution < 1.29 is 68.1 Å². The Bertz CT molecular complexity index is 2080. The average molecular weight is 820 g/mol. The molecule has 1 amide bonds. The summed E-state index contributed by atoms with van der Waals surface area (Å²) in [5.74, 6) is -6.00. The van der Waals surface area contributed by atoms with Gasteiger partial charge in [-0.2, -0.15) is 0 Å². The van der Waals surface area contributed by atoms with E-state index in [1.54, 1.807) is 83.1 Å². The standard InChI is InChI=1S/C44H53NO14/c1-22-27(56-37(52)31(48)29(24-15-11-9-12-16-24)45-38(53)59-39(3,4)5)20-42(54)35(57-36(51)25-17-13-10-14-18-25)32-41(8,34(50)30(47)28(22)40(42,6)7)33(49)26-19-43(26)44(32,21-55-43)58-23(2)46/h9-18,26-27,29-33,35,47-49,54H,19-21H2,1-8H3,(H,45,53)/t26?,27-,29-,30+,31+,32?,33-,35-,41-,42+,43+,44+/m0/s1. The maximum atomic E-state index is 15.1. The van der Waals surface area contributed by atoms with Gasteiger partial charge in [-0.15, -0.1) is 0 Å². The van der Waals surface area contributed by atoms with Crippen molar-refractivity contribution in [1.29, 1.82) is 0 Å². The van der Waals surface area contributed by atoms with Crippen molar-refractivity contribution in [3.8, 4) is 0 Å². The zero-order valence-corrected chi connectivity index (χ0v) is 34.4. The van der Waals surface area contributed by atoms with Gasteiger partial charge in [0.2, 0.25) is 0 Å². The second kappa shape index (κ2) is 14.2. The number of ketones is 1. The molecule has 2 unspecified atom stereocenters. The number of fused-ring (bicyclic) bond motifs is 4. The summed E-state index contributed by atoms with van der Waals surface area (Å²) in [6, 6.07) is 14.7. The van der Waals surface area contributed by atoms with Gasteiger partial charge in [0, 0.05) is 24.7 Å². The predicted molar refractivity (Wildman–Crippen MR) is 206 cm³/mol. The molecular weight excluding hydrogens is 766 g/mol. The molecule has 4 fully saturated rings. The van der Waals surface area contributed by atoms with Gasteiger partial charge in [-0.3, -0.25) is 9.59 Å². The van der Waals surface area contributed by atoms with E-state index in [1.807, 2.05) is 0 Å². The molecule has 15 heteroatoms. The molecule has 0 aromatic heterocycles. The number of esters is 3. The Hall–Kier alpha value is -4.67. The molecule has 15 nitrogen and oxygen atoms in total. The van der Waals surface area contributed by atoms with E-state index in [4.69, 9.17) is 23.7 Å². The summed E-state index contributed by atoms with van der Waals surface area (Å²) in [5.41, 5.74) is -9.37. The topological polar surface area (TPSA) is 224 Å². The number of rotatable bonds is 8. The molecule has 7 rings (SSSR count). The Labute approximate surface area is 342 Å². The van der Waals surface area contributed by atoms with Crippen molar-refractivity contribution in [3.05, 3.63) is 82.9 Å². The highest BCUT2D eigenvalue weighted by atomic mass is 16.7. The lowest BCUT2D eigenvalue weighted by atomic mass is 9.44. The third-order valence-electron chi connectivity index (χ3n) is 13.6. The van der Waals surface area contributed by atoms with Crippen molar-refractivity contribution in [2.24, 2.45) is 22.7 Å². The van der Waals surface area contributed by atoms with Crippen molar-refractivity contribution in [2.75, 3.05) is 6.61 Å². The van der Waals surface area contributed by atoms with Crippen molar-refractivity contribution in [3.63, 3.8) is 0 Å². The lowest BCUT2D eigenvalue weighted by Crippen LogP contribution is -2.82. The molecule has 5 N–H and O–H groups in total. The van der Waals surface area contributed by atoms with E-state index in [0.717, 1.165) is 0 Å². The molecule has 1 aliphatic heterocycles. The summed E-state index contributed by atoms with van der Waals surface area (Å²) < 4.78 is 30.0. The number of nitrogens with one attached hydrogen (secondary N) is 1. The summed E-state index contributed by atoms with van der Waals surface area (Å²) in [6.07, 6.45) is -10.1. The molecule has 2 bridgehead atoms. The minimum Gasteiger partial charge on any atom is -0.456 e. The molecule has 3 saturated carbocycles. The van der Waals surface area contributed by atoms with E-state index in [9.17, 15) is 39.6 Å². The number of hydrogen-bond acceptors (Lipinski definition) is 14. The van der Waals surface area contributed by atoms with Crippen LogP contribution in [0.15, 0.2) is 71.8 Å². The molecule has 4 aliphatic carbocycles. The van der Waals surface area contributed by atoms with Gasteiger partial charge in [0.1, 0.15) is 35.1 Å². The minimum atomic E-state index is -2.35. The maximum Gasteiger partial charge on any atom is 0.408 e. The molecule has 0 radical (unpaired) electrons. The first-order chi connectivity index (χ1) is 27.5. The van der Waals surface area contributed by atoms with Gasteiger partial charge in [0.15, 0.2) is 17.5 Å². The Morgan fingerprint density at radius 3 is 2.10 bits per heavy atom. The summed E-state index contributed by atoms with van der Waals surface area (Å²) in [7, 11) is 0. The molecule has 5 aliphatic rings. The van der Waals surface area contributed by atoms with Gasteiger partial charge < -0.3 is 49.4 Å². The molecule has 1 saturated heterocycles. The number of alkyl carbamates (subject to hydrolysis) is 1. The molecule has 2 aromatic rings. The van der Waals surface area contributed by atoms with E-state index < -0.39 is 118 Å². The fourth-order valence-electron chi connectivity index (χ4n) is 10.6. The Morgan fingerprint density at radius 2 is 1.54 bits per heavy atom. The molecule has 318 valence electrons. The predicted octanol–water partition coefficient (Wildman–Crippen LogP) is 3.26. The smallest absolute Gasteiger partial charge is 0.408 e. The van der Waals surface area contributed by atoms with Gasteiger partial charge in [-0.1, -0.05) is 62.4 Å². The molecule has 59 heavy (non-hydrogen) atoms. The third kappa shape index (κ3) is 6.39. The Morgan fingerprint density at radius 1 is 0.932 bits per heavy atom. The first-order valence-corrected chi connectivity index (χ1v) is 19.8. The summed E-state index contributed by atoms with van der Waals surface area (Å²) in [6.45, 7) is 11.9. The van der Waals surface area contributed by atoms with Gasteiger partial charge >= 0.3 is 24.0 Å². The van der Waals surface area contributed by atoms with Crippen molar-refractivity contribution >= 4 is 29.8 Å². The fraction of sp³-hybridized carbons (Fsp3) is 0.568. The third-order valence-corrected chi connectivity index (χ3v) is 13.6. The zero-order valence-electron chi connectivity index (χ0n) is 34.4. The van der Waals surface area contributed by atoms with Crippen molar-refractivity contribution in [1.82, 2.24) is 5.32 Å². The second-order valence-corrected chi connectivity index (χ2v) is 18.4.